The molecule has 0 saturated carbocycles. The first kappa shape index (κ1) is 31.2. The van der Waals surface area contributed by atoms with E-state index in [1.165, 1.54) is 64.2 Å². The Labute approximate surface area is 232 Å². The first-order valence-corrected chi connectivity index (χ1v) is 12.9. The molecule has 1 heterocycles. The van der Waals surface area contributed by atoms with Gasteiger partial charge in [0.15, 0.2) is 0 Å². The van der Waals surface area contributed by atoms with E-state index in [9.17, 15) is 19.5 Å². The third-order valence-corrected chi connectivity index (χ3v) is 6.32. The van der Waals surface area contributed by atoms with Crippen LogP contribution in [0.1, 0.15) is 97.3 Å². The third-order valence-electron chi connectivity index (χ3n) is 6.32. The molecule has 7 nitrogen and oxygen atoms in total. The van der Waals surface area contributed by atoms with Crippen molar-refractivity contribution in [2.24, 2.45) is 5.92 Å². The van der Waals surface area contributed by atoms with Crippen LogP contribution >= 0.6 is 0 Å². The maximum atomic E-state index is 12.7. The zero-order chi connectivity index (χ0) is 24.8. The number of unbranched alkanes of at least 4 members (excludes halogenated alkanes) is 8. The molecular weight excluding hydrogens is 453 g/mol. The van der Waals surface area contributed by atoms with E-state index in [1.807, 2.05) is 0 Å². The number of carbonyl (C=O) groups excluding carboxylic acids is 3. The van der Waals surface area contributed by atoms with Gasteiger partial charge in [0.25, 0.3) is 11.8 Å². The zero-order valence-electron chi connectivity index (χ0n) is 21.7. The van der Waals surface area contributed by atoms with Gasteiger partial charge < -0.3 is 10.4 Å². The van der Waals surface area contributed by atoms with Crippen molar-refractivity contribution in [1.29, 1.82) is 0 Å². The summed E-state index contributed by atoms with van der Waals surface area (Å²) in [6.45, 7) is 4.43. The van der Waals surface area contributed by atoms with Gasteiger partial charge in [-0.15, -0.1) is 6.26 Å². The van der Waals surface area contributed by atoms with Gasteiger partial charge in [-0.05, 0) is 43.0 Å². The number of nitrogens with zero attached hydrogens (tertiary/aromatic N) is 1. The smallest absolute Gasteiger partial charge is 0.877 e. The molecule has 2 N–H and O–H groups in total. The maximum Gasteiger partial charge on any atom is 1.00 e. The fraction of sp³-hybridized carbons (Fsp3) is 0.593. The number of nitrogens with one attached hydrogen (secondary N) is 2. The van der Waals surface area contributed by atoms with Crippen LogP contribution in [0, 0.1) is 5.92 Å². The predicted octanol–water partition coefficient (Wildman–Crippen LogP) is 1.98. The van der Waals surface area contributed by atoms with Crippen LogP contribution in [0.25, 0.3) is 0 Å². The number of hydrogen-bond donors (Lipinski definition) is 2. The van der Waals surface area contributed by atoms with Gasteiger partial charge in [-0.3, -0.25) is 19.8 Å². The molecule has 8 heteroatoms. The first-order chi connectivity index (χ1) is 16.5. The monoisotopic (exact) mass is 493 g/mol. The van der Waals surface area contributed by atoms with Gasteiger partial charge >= 0.3 is 29.6 Å². The molecule has 1 saturated heterocycles. The Hall–Kier alpha value is -1.83. The Morgan fingerprint density at radius 3 is 2.03 bits per heavy atom. The molecule has 2 rings (SSSR count). The zero-order valence-corrected chi connectivity index (χ0v) is 23.7. The van der Waals surface area contributed by atoms with Crippen molar-refractivity contribution in [2.75, 3.05) is 10.3 Å². The largest absolute Gasteiger partial charge is 1.00 e. The van der Waals surface area contributed by atoms with Crippen LogP contribution in [0.3, 0.4) is 0 Å². The van der Waals surface area contributed by atoms with Gasteiger partial charge in [0.1, 0.15) is 0 Å². The Bertz CT molecular complexity index is 826. The van der Waals surface area contributed by atoms with Crippen LogP contribution in [-0.4, -0.2) is 17.7 Å². The van der Waals surface area contributed by atoms with Crippen molar-refractivity contribution in [3.05, 3.63) is 36.1 Å². The van der Waals surface area contributed by atoms with Crippen LogP contribution in [-0.2, 0) is 14.4 Å². The molecule has 1 atom stereocenters. The summed E-state index contributed by atoms with van der Waals surface area (Å²) < 4.78 is 0. The van der Waals surface area contributed by atoms with Gasteiger partial charge in [-0.2, -0.15) is 0 Å². The molecule has 0 aromatic heterocycles. The summed E-state index contributed by atoms with van der Waals surface area (Å²) in [6.07, 6.45) is 15.4. The summed E-state index contributed by atoms with van der Waals surface area (Å²) in [4.78, 5) is 36.5. The maximum absolute atomic E-state index is 12.7. The summed E-state index contributed by atoms with van der Waals surface area (Å²) in [7, 11) is 0. The van der Waals surface area contributed by atoms with Gasteiger partial charge in [0.05, 0.1) is 11.3 Å². The molecule has 3 amide bonds. The molecule has 1 fully saturated rings. The van der Waals surface area contributed by atoms with Gasteiger partial charge in [0, 0.05) is 12.1 Å². The van der Waals surface area contributed by atoms with E-state index in [1.54, 1.807) is 24.3 Å². The van der Waals surface area contributed by atoms with E-state index < -0.39 is 17.4 Å². The van der Waals surface area contributed by atoms with Crippen molar-refractivity contribution in [3.63, 3.8) is 0 Å². The molecule has 1 aromatic carbocycles. The second kappa shape index (κ2) is 17.6. The van der Waals surface area contributed by atoms with Crippen LogP contribution in [0.2, 0.25) is 0 Å². The Morgan fingerprint density at radius 1 is 0.943 bits per heavy atom. The van der Waals surface area contributed by atoms with E-state index in [2.05, 4.69) is 24.6 Å². The van der Waals surface area contributed by atoms with Crippen molar-refractivity contribution in [1.82, 2.24) is 5.43 Å². The summed E-state index contributed by atoms with van der Waals surface area (Å²) in [5, 5.41) is 14.9. The first-order valence-electron chi connectivity index (χ1n) is 12.9. The minimum Gasteiger partial charge on any atom is -0.877 e. The number of anilines is 2. The van der Waals surface area contributed by atoms with Crippen molar-refractivity contribution >= 4 is 29.1 Å². The average molecular weight is 494 g/mol. The normalized spacial score (nSPS) is 15.1. The Kier molecular flexibility index (Phi) is 15.7. The minimum atomic E-state index is -0.715. The van der Waals surface area contributed by atoms with E-state index in [4.69, 9.17) is 0 Å². The van der Waals surface area contributed by atoms with Crippen molar-refractivity contribution in [3.8, 4) is 0 Å². The van der Waals surface area contributed by atoms with Crippen molar-refractivity contribution in [2.45, 2.75) is 97.3 Å². The van der Waals surface area contributed by atoms with Crippen molar-refractivity contribution < 1.29 is 49.0 Å². The number of benzene rings is 1. The molecule has 1 aromatic rings. The molecule has 0 spiro atoms. The van der Waals surface area contributed by atoms with E-state index in [0.29, 0.717) is 23.7 Å². The summed E-state index contributed by atoms with van der Waals surface area (Å²) in [5.74, 6) is -0.997. The van der Waals surface area contributed by atoms with Gasteiger partial charge in [0.2, 0.25) is 5.91 Å². The molecule has 1 unspecified atom stereocenters. The third kappa shape index (κ3) is 10.8. The van der Waals surface area contributed by atoms with Crippen LogP contribution in [0.4, 0.5) is 11.4 Å². The van der Waals surface area contributed by atoms with E-state index in [0.717, 1.165) is 17.9 Å². The molecular formula is C27H40N3NaO4. The number of hydrogen-bond acceptors (Lipinski definition) is 4. The number of hydrazine groups is 1. The molecule has 188 valence electrons. The second-order valence-electron chi connectivity index (χ2n) is 9.18. The number of carbonyl (C=O) groups is 3. The number of rotatable bonds is 16. The molecule has 1 aliphatic heterocycles. The van der Waals surface area contributed by atoms with Crippen LogP contribution in [0.5, 0.6) is 0 Å². The Balaban J connectivity index is 0.00000612. The fourth-order valence-electron chi connectivity index (χ4n) is 4.31. The SMILES string of the molecule is CCCCCCCCC(CCCCCC)CC(=O)Nc1ccc(N2NC(=O)/C(=C/[O-])C2=O)cc1.[Na+]. The van der Waals surface area contributed by atoms with Crippen LogP contribution in [0.15, 0.2) is 36.1 Å². The molecule has 0 radical (unpaired) electrons. The van der Waals surface area contributed by atoms with Crippen LogP contribution < -0.4 is 50.4 Å². The quantitative estimate of drug-likeness (QED) is 0.121. The second-order valence-corrected chi connectivity index (χ2v) is 9.18. The van der Waals surface area contributed by atoms with E-state index in [-0.39, 0.29) is 41.7 Å². The summed E-state index contributed by atoms with van der Waals surface area (Å²) >= 11 is 0. The number of amides is 3. The molecule has 0 bridgehead atoms. The van der Waals surface area contributed by atoms with Gasteiger partial charge in [-0.1, -0.05) is 78.1 Å². The summed E-state index contributed by atoms with van der Waals surface area (Å²) in [6, 6.07) is 6.63. The molecule has 35 heavy (non-hydrogen) atoms. The standard InChI is InChI=1S/C27H41N3O4.Na/c1-3-5-7-9-10-12-14-21(13-11-8-6-4-2)19-25(32)28-22-15-17-23(18-16-22)30-27(34)24(20-31)26(33)29-30;/h15-18,20-21,31H,3-14,19H2,1-2H3,(H,28,32)(H,29,33);/q;+1/p-1/b24-20-;. The van der Waals surface area contributed by atoms with Gasteiger partial charge in [-0.25, -0.2) is 5.01 Å². The topological polar surface area (TPSA) is 102 Å². The minimum absolute atomic E-state index is 0. The molecule has 1 aliphatic rings. The Morgan fingerprint density at radius 2 is 1.49 bits per heavy atom. The molecule has 0 aliphatic carbocycles. The summed E-state index contributed by atoms with van der Waals surface area (Å²) in [5.41, 5.74) is 2.99. The fourth-order valence-corrected chi connectivity index (χ4v) is 4.31. The van der Waals surface area contributed by atoms with E-state index >= 15 is 0 Å². The average Bonchev–Trinajstić information content (AvgIpc) is 3.12. The predicted molar refractivity (Wildman–Crippen MR) is 134 cm³/mol.